The first-order valence-electron chi connectivity index (χ1n) is 6.73. The van der Waals surface area contributed by atoms with E-state index in [0.717, 1.165) is 31.4 Å². The summed E-state index contributed by atoms with van der Waals surface area (Å²) < 4.78 is 1.74. The number of hydrogen-bond donors (Lipinski definition) is 1. The van der Waals surface area contributed by atoms with Gasteiger partial charge in [0.15, 0.2) is 0 Å². The molecule has 1 aromatic heterocycles. The lowest BCUT2D eigenvalue weighted by Crippen LogP contribution is -2.30. The minimum absolute atomic E-state index is 0.0683. The van der Waals surface area contributed by atoms with Crippen LogP contribution in [0, 0.1) is 11.8 Å². The van der Waals surface area contributed by atoms with Crippen molar-refractivity contribution in [1.82, 2.24) is 9.88 Å². The molecule has 1 fully saturated rings. The van der Waals surface area contributed by atoms with Gasteiger partial charge in [-0.3, -0.25) is 4.79 Å². The Bertz CT molecular complexity index is 418. The number of nitrogens with one attached hydrogen (secondary N) is 1. The minimum Gasteiger partial charge on any atom is -0.315 e. The van der Waals surface area contributed by atoms with Gasteiger partial charge in [-0.05, 0) is 37.3 Å². The van der Waals surface area contributed by atoms with E-state index in [-0.39, 0.29) is 5.56 Å². The average Bonchev–Trinajstić information content (AvgIpc) is 2.84. The zero-order valence-electron chi connectivity index (χ0n) is 10.6. The zero-order valence-corrected chi connectivity index (χ0v) is 11.4. The fourth-order valence-corrected chi connectivity index (χ4v) is 3.12. The number of nitrogens with zero attached hydrogens (tertiary/aromatic N) is 1. The Balaban J connectivity index is 1.70. The lowest BCUT2D eigenvalue weighted by atomic mass is 9.98. The predicted molar refractivity (Wildman–Crippen MR) is 75.1 cm³/mol. The number of aromatic nitrogens is 1. The van der Waals surface area contributed by atoms with Gasteiger partial charge in [0.1, 0.15) is 0 Å². The summed E-state index contributed by atoms with van der Waals surface area (Å²) in [5, 5.41) is 3.45. The summed E-state index contributed by atoms with van der Waals surface area (Å²) >= 11 is 5.96. The molecule has 2 atom stereocenters. The van der Waals surface area contributed by atoms with Crippen LogP contribution in [-0.2, 0) is 6.54 Å². The Morgan fingerprint density at radius 3 is 2.94 bits per heavy atom. The SMILES string of the molecule is O=c1ccccn1CCNCC1CCCC1CCl. The maximum Gasteiger partial charge on any atom is 0.250 e. The molecule has 0 bridgehead atoms. The third kappa shape index (κ3) is 3.59. The maximum atomic E-state index is 11.5. The maximum absolute atomic E-state index is 11.5. The van der Waals surface area contributed by atoms with Crippen molar-refractivity contribution in [2.45, 2.75) is 25.8 Å². The summed E-state index contributed by atoms with van der Waals surface area (Å²) in [5.74, 6) is 2.18. The summed E-state index contributed by atoms with van der Waals surface area (Å²) in [4.78, 5) is 11.5. The van der Waals surface area contributed by atoms with Crippen molar-refractivity contribution >= 4 is 11.6 Å². The second-order valence-corrected chi connectivity index (χ2v) is 5.35. The van der Waals surface area contributed by atoms with E-state index >= 15 is 0 Å². The molecule has 0 radical (unpaired) electrons. The van der Waals surface area contributed by atoms with Gasteiger partial charge in [-0.15, -0.1) is 11.6 Å². The van der Waals surface area contributed by atoms with Crippen molar-refractivity contribution in [3.63, 3.8) is 0 Å². The van der Waals surface area contributed by atoms with Crippen LogP contribution in [0.25, 0.3) is 0 Å². The Hall–Kier alpha value is -0.800. The van der Waals surface area contributed by atoms with Crippen LogP contribution in [0.4, 0.5) is 0 Å². The minimum atomic E-state index is 0.0683. The molecule has 0 aliphatic heterocycles. The molecule has 0 saturated heterocycles. The van der Waals surface area contributed by atoms with Crippen LogP contribution in [0.3, 0.4) is 0 Å². The molecule has 1 aromatic rings. The van der Waals surface area contributed by atoms with E-state index in [1.54, 1.807) is 16.7 Å². The quantitative estimate of drug-likeness (QED) is 0.633. The first-order valence-corrected chi connectivity index (χ1v) is 7.27. The molecule has 1 heterocycles. The summed E-state index contributed by atoms with van der Waals surface area (Å²) in [5.41, 5.74) is 0.0683. The smallest absolute Gasteiger partial charge is 0.250 e. The lowest BCUT2D eigenvalue weighted by Gasteiger charge is -2.17. The first kappa shape index (κ1) is 13.6. The molecule has 0 amide bonds. The third-order valence-corrected chi connectivity index (χ3v) is 4.25. The summed E-state index contributed by atoms with van der Waals surface area (Å²) in [6.45, 7) is 2.60. The highest BCUT2D eigenvalue weighted by Crippen LogP contribution is 2.31. The molecule has 1 aliphatic carbocycles. The topological polar surface area (TPSA) is 34.0 Å². The van der Waals surface area contributed by atoms with Crippen molar-refractivity contribution in [1.29, 1.82) is 0 Å². The monoisotopic (exact) mass is 268 g/mol. The fourth-order valence-electron chi connectivity index (χ4n) is 2.72. The van der Waals surface area contributed by atoms with E-state index in [1.165, 1.54) is 19.3 Å². The Morgan fingerprint density at radius 2 is 2.17 bits per heavy atom. The average molecular weight is 269 g/mol. The largest absolute Gasteiger partial charge is 0.315 e. The van der Waals surface area contributed by atoms with Gasteiger partial charge in [-0.2, -0.15) is 0 Å². The van der Waals surface area contributed by atoms with Crippen LogP contribution in [-0.4, -0.2) is 23.5 Å². The van der Waals surface area contributed by atoms with Crippen LogP contribution in [0.1, 0.15) is 19.3 Å². The van der Waals surface area contributed by atoms with E-state index in [4.69, 9.17) is 11.6 Å². The summed E-state index contributed by atoms with van der Waals surface area (Å²) in [6, 6.07) is 5.26. The Labute approximate surface area is 113 Å². The lowest BCUT2D eigenvalue weighted by molar-refractivity contribution is 0.391. The second-order valence-electron chi connectivity index (χ2n) is 5.04. The predicted octanol–water partition coefficient (Wildman–Crippen LogP) is 2.09. The number of hydrogen-bond acceptors (Lipinski definition) is 2. The molecule has 1 saturated carbocycles. The third-order valence-electron chi connectivity index (χ3n) is 3.85. The van der Waals surface area contributed by atoms with Crippen molar-refractivity contribution in [3.8, 4) is 0 Å². The van der Waals surface area contributed by atoms with Gasteiger partial charge in [0.2, 0.25) is 0 Å². The number of halogens is 1. The van der Waals surface area contributed by atoms with Crippen molar-refractivity contribution in [2.24, 2.45) is 11.8 Å². The van der Waals surface area contributed by atoms with Crippen LogP contribution in [0.5, 0.6) is 0 Å². The number of rotatable bonds is 6. The molecular weight excluding hydrogens is 248 g/mol. The van der Waals surface area contributed by atoms with Crippen LogP contribution in [0.2, 0.25) is 0 Å². The number of pyridine rings is 1. The molecule has 1 N–H and O–H groups in total. The van der Waals surface area contributed by atoms with Gasteiger partial charge in [0.05, 0.1) is 0 Å². The highest BCUT2D eigenvalue weighted by atomic mass is 35.5. The van der Waals surface area contributed by atoms with Gasteiger partial charge >= 0.3 is 0 Å². The molecule has 0 spiro atoms. The van der Waals surface area contributed by atoms with E-state index < -0.39 is 0 Å². The molecule has 18 heavy (non-hydrogen) atoms. The highest BCUT2D eigenvalue weighted by molar-refractivity contribution is 6.18. The molecule has 100 valence electrons. The van der Waals surface area contributed by atoms with E-state index in [2.05, 4.69) is 5.32 Å². The van der Waals surface area contributed by atoms with Crippen LogP contribution < -0.4 is 10.9 Å². The van der Waals surface area contributed by atoms with Crippen molar-refractivity contribution < 1.29 is 0 Å². The normalized spacial score (nSPS) is 23.4. The Kier molecular flexibility index (Phi) is 5.26. The summed E-state index contributed by atoms with van der Waals surface area (Å²) in [7, 11) is 0. The fraction of sp³-hybridized carbons (Fsp3) is 0.643. The van der Waals surface area contributed by atoms with Gasteiger partial charge in [0, 0.05) is 31.2 Å². The van der Waals surface area contributed by atoms with Crippen molar-refractivity contribution in [3.05, 3.63) is 34.7 Å². The van der Waals surface area contributed by atoms with Crippen molar-refractivity contribution in [2.75, 3.05) is 19.0 Å². The second kappa shape index (κ2) is 6.95. The van der Waals surface area contributed by atoms with E-state index in [1.807, 2.05) is 12.3 Å². The summed E-state index contributed by atoms with van der Waals surface area (Å²) in [6.07, 6.45) is 5.70. The molecule has 4 heteroatoms. The highest BCUT2D eigenvalue weighted by Gasteiger charge is 2.25. The Morgan fingerprint density at radius 1 is 1.33 bits per heavy atom. The van der Waals surface area contributed by atoms with Crippen LogP contribution in [0.15, 0.2) is 29.2 Å². The van der Waals surface area contributed by atoms with Crippen LogP contribution >= 0.6 is 11.6 Å². The van der Waals surface area contributed by atoms with Gasteiger partial charge in [-0.1, -0.05) is 12.5 Å². The molecule has 0 aromatic carbocycles. The molecule has 3 nitrogen and oxygen atoms in total. The zero-order chi connectivity index (χ0) is 12.8. The van der Waals surface area contributed by atoms with E-state index in [9.17, 15) is 4.79 Å². The van der Waals surface area contributed by atoms with Gasteiger partial charge < -0.3 is 9.88 Å². The standard InChI is InChI=1S/C14H21ClN2O/c15-10-12-4-3-5-13(12)11-16-7-9-17-8-2-1-6-14(17)18/h1-2,6,8,12-13,16H,3-5,7,9-11H2. The van der Waals surface area contributed by atoms with Gasteiger partial charge in [-0.25, -0.2) is 0 Å². The first-order chi connectivity index (χ1) is 8.81. The molecule has 1 aliphatic rings. The number of alkyl halides is 1. The molecule has 2 rings (SSSR count). The molecular formula is C14H21ClN2O. The molecule has 2 unspecified atom stereocenters. The van der Waals surface area contributed by atoms with E-state index in [0.29, 0.717) is 5.92 Å². The van der Waals surface area contributed by atoms with Gasteiger partial charge in [0.25, 0.3) is 5.56 Å².